The number of piperazine rings is 1. The summed E-state index contributed by atoms with van der Waals surface area (Å²) in [5.41, 5.74) is 2.65. The van der Waals surface area contributed by atoms with Crippen molar-refractivity contribution in [3.05, 3.63) is 72.3 Å². The van der Waals surface area contributed by atoms with Gasteiger partial charge in [-0.25, -0.2) is 18.7 Å². The summed E-state index contributed by atoms with van der Waals surface area (Å²) in [4.78, 5) is 28.2. The molecule has 10 heteroatoms. The number of aromatic amines is 1. The van der Waals surface area contributed by atoms with Crippen LogP contribution in [0.1, 0.15) is 34.5 Å². The average molecular weight is 509 g/mol. The van der Waals surface area contributed by atoms with Crippen molar-refractivity contribution in [2.24, 2.45) is 0 Å². The molecule has 1 saturated heterocycles. The maximum Gasteiger partial charge on any atom is 0.273 e. The molecule has 1 amide bonds. The first-order valence-corrected chi connectivity index (χ1v) is 12.0. The van der Waals surface area contributed by atoms with Gasteiger partial charge in [0.25, 0.3) is 5.91 Å². The molecule has 1 fully saturated rings. The fraction of sp³-hybridized carbons (Fsp3) is 0.296. The Morgan fingerprint density at radius 1 is 1.08 bits per heavy atom. The molecule has 1 aliphatic rings. The number of nitrogens with zero attached hydrogens (tertiary/aromatic N) is 5. The number of benzene rings is 2. The van der Waals surface area contributed by atoms with Gasteiger partial charge < -0.3 is 24.7 Å². The van der Waals surface area contributed by atoms with Gasteiger partial charge in [0.2, 0.25) is 0 Å². The second kappa shape index (κ2) is 10.1. The number of halogens is 2. The quantitative estimate of drug-likeness (QED) is 0.391. The Labute approximate surface area is 218 Å². The van der Waals surface area contributed by atoms with Crippen LogP contribution in [0.5, 0.6) is 0 Å². The highest BCUT2D eigenvalue weighted by Gasteiger charge is 2.22. The number of nitrogens with one attached hydrogen (secondary N) is 2. The van der Waals surface area contributed by atoms with Crippen LogP contribution in [0.2, 0.25) is 0 Å². The van der Waals surface area contributed by atoms with Crippen molar-refractivity contribution in [1.29, 1.82) is 0 Å². The Hall–Kier alpha value is -4.05. The van der Waals surface area contributed by atoms with Crippen LogP contribution in [0.25, 0.3) is 22.8 Å². The van der Waals surface area contributed by atoms with Gasteiger partial charge in [-0.2, -0.15) is 0 Å². The molecule has 3 heterocycles. The molecule has 0 unspecified atom stereocenters. The lowest BCUT2D eigenvalue weighted by atomic mass is 10.1. The van der Waals surface area contributed by atoms with E-state index in [0.717, 1.165) is 0 Å². The van der Waals surface area contributed by atoms with Gasteiger partial charge >= 0.3 is 0 Å². The summed E-state index contributed by atoms with van der Waals surface area (Å²) in [5.74, 6) is -1.15. The van der Waals surface area contributed by atoms with Crippen LogP contribution in [-0.2, 0) is 0 Å². The molecule has 0 aliphatic carbocycles. The van der Waals surface area contributed by atoms with Crippen LogP contribution in [0.3, 0.4) is 0 Å². The largest absolute Gasteiger partial charge is 0.369 e. The number of likely N-dealkylation sites (N-methyl/N-ethyl adjacent to an activating group) is 1. The van der Waals surface area contributed by atoms with Gasteiger partial charge in [0, 0.05) is 47.6 Å². The standard InChI is InChI=1S/C27H29F2N7O/c1-17(2)36-16-31-24(18-4-6-19(28)7-5-18)25(36)26-30-15-23(32-26)27(37)33-22-9-8-20(14-21(22)29)35-12-10-34(3)11-13-35/h4-9,14-17H,10-13H2,1-3H3,(H,30,32)(H,33,37)/i3D3. The van der Waals surface area contributed by atoms with Crippen LogP contribution in [0.4, 0.5) is 20.2 Å². The molecule has 0 radical (unpaired) electrons. The Morgan fingerprint density at radius 2 is 1.84 bits per heavy atom. The van der Waals surface area contributed by atoms with E-state index in [1.807, 2.05) is 23.3 Å². The number of anilines is 2. The first-order valence-electron chi connectivity index (χ1n) is 13.5. The van der Waals surface area contributed by atoms with E-state index in [4.69, 9.17) is 4.11 Å². The third-order valence-corrected chi connectivity index (χ3v) is 6.36. The van der Waals surface area contributed by atoms with Crippen molar-refractivity contribution in [2.45, 2.75) is 19.9 Å². The minimum absolute atomic E-state index is 0.00486. The van der Waals surface area contributed by atoms with E-state index in [1.165, 1.54) is 35.4 Å². The second-order valence-corrected chi connectivity index (χ2v) is 9.19. The number of amides is 1. The van der Waals surface area contributed by atoms with Crippen molar-refractivity contribution in [3.63, 3.8) is 0 Å². The molecule has 8 nitrogen and oxygen atoms in total. The number of aromatic nitrogens is 4. The molecule has 5 rings (SSSR count). The number of H-pyrrole nitrogens is 1. The van der Waals surface area contributed by atoms with Crippen LogP contribution in [0, 0.1) is 11.6 Å². The average Bonchev–Trinajstić information content (AvgIpc) is 3.58. The first kappa shape index (κ1) is 21.1. The van der Waals surface area contributed by atoms with E-state index < -0.39 is 18.7 Å². The van der Waals surface area contributed by atoms with Crippen molar-refractivity contribution in [2.75, 3.05) is 43.4 Å². The molecule has 4 aromatic rings. The van der Waals surface area contributed by atoms with E-state index in [2.05, 4.69) is 20.3 Å². The summed E-state index contributed by atoms with van der Waals surface area (Å²) in [6, 6.07) is 10.5. The zero-order valence-corrected chi connectivity index (χ0v) is 20.5. The second-order valence-electron chi connectivity index (χ2n) is 9.19. The number of carbonyl (C=O) groups excluding carboxylic acids is 1. The molecular weight excluding hydrogens is 476 g/mol. The Balaban J connectivity index is 1.32. The normalized spacial score (nSPS) is 15.9. The lowest BCUT2D eigenvalue weighted by molar-refractivity contribution is 0.102. The van der Waals surface area contributed by atoms with Crippen LogP contribution < -0.4 is 10.2 Å². The van der Waals surface area contributed by atoms with Crippen LogP contribution in [0.15, 0.2) is 55.0 Å². The monoisotopic (exact) mass is 508 g/mol. The molecule has 2 aromatic heterocycles. The van der Waals surface area contributed by atoms with Gasteiger partial charge in [-0.1, -0.05) is 0 Å². The SMILES string of the molecule is [2H]C([2H])([2H])N1CCN(c2ccc(NC(=O)c3cnc(-c4c(-c5ccc(F)cc5)ncn4C(C)C)[nH]3)c(F)c2)CC1. The first-order chi connectivity index (χ1) is 19.0. The molecule has 0 spiro atoms. The number of carbonyl (C=O) groups is 1. The lowest BCUT2D eigenvalue weighted by Gasteiger charge is -2.34. The van der Waals surface area contributed by atoms with Crippen LogP contribution >= 0.6 is 0 Å². The minimum Gasteiger partial charge on any atom is -0.369 e. The highest BCUT2D eigenvalue weighted by Crippen LogP contribution is 2.32. The topological polar surface area (TPSA) is 82.1 Å². The predicted octanol–water partition coefficient (Wildman–Crippen LogP) is 4.80. The third-order valence-electron chi connectivity index (χ3n) is 6.36. The minimum atomic E-state index is -2.14. The summed E-state index contributed by atoms with van der Waals surface area (Å²) in [5, 5.41) is 2.58. The summed E-state index contributed by atoms with van der Waals surface area (Å²) in [6.45, 7) is 3.41. The molecule has 1 aliphatic heterocycles. The third kappa shape index (κ3) is 5.10. The number of hydrogen-bond donors (Lipinski definition) is 2. The highest BCUT2D eigenvalue weighted by atomic mass is 19.1. The van der Waals surface area contributed by atoms with Crippen molar-refractivity contribution >= 4 is 17.3 Å². The van der Waals surface area contributed by atoms with Crippen molar-refractivity contribution in [1.82, 2.24) is 24.4 Å². The van der Waals surface area contributed by atoms with E-state index in [0.29, 0.717) is 54.6 Å². The number of hydrogen-bond acceptors (Lipinski definition) is 5. The van der Waals surface area contributed by atoms with E-state index in [-0.39, 0.29) is 23.2 Å². The molecule has 192 valence electrons. The molecule has 0 atom stereocenters. The Kier molecular flexibility index (Phi) is 5.77. The molecule has 37 heavy (non-hydrogen) atoms. The van der Waals surface area contributed by atoms with Crippen LogP contribution in [-0.4, -0.2) is 63.5 Å². The zero-order valence-electron chi connectivity index (χ0n) is 23.5. The molecule has 0 saturated carbocycles. The fourth-order valence-electron chi connectivity index (χ4n) is 4.32. The fourth-order valence-corrected chi connectivity index (χ4v) is 4.32. The zero-order chi connectivity index (χ0) is 28.6. The number of rotatable bonds is 6. The predicted molar refractivity (Wildman–Crippen MR) is 140 cm³/mol. The Morgan fingerprint density at radius 3 is 2.51 bits per heavy atom. The maximum absolute atomic E-state index is 15.0. The van der Waals surface area contributed by atoms with Crippen molar-refractivity contribution in [3.8, 4) is 22.8 Å². The summed E-state index contributed by atoms with van der Waals surface area (Å²) >= 11 is 0. The van der Waals surface area contributed by atoms with Crippen molar-refractivity contribution < 1.29 is 17.7 Å². The molecule has 2 N–H and O–H groups in total. The summed E-state index contributed by atoms with van der Waals surface area (Å²) in [7, 11) is 0. The molecule has 2 aromatic carbocycles. The summed E-state index contributed by atoms with van der Waals surface area (Å²) < 4.78 is 53.0. The molecule has 0 bridgehead atoms. The van der Waals surface area contributed by atoms with Gasteiger partial charge in [-0.3, -0.25) is 4.79 Å². The van der Waals surface area contributed by atoms with Gasteiger partial charge in [-0.15, -0.1) is 0 Å². The van der Waals surface area contributed by atoms with E-state index >= 15 is 0 Å². The van der Waals surface area contributed by atoms with E-state index in [9.17, 15) is 13.6 Å². The van der Waals surface area contributed by atoms with Gasteiger partial charge in [0.15, 0.2) is 5.82 Å². The number of imidazole rings is 2. The molecular formula is C27H29F2N7O. The maximum atomic E-state index is 15.0. The van der Waals surface area contributed by atoms with Gasteiger partial charge in [-0.05, 0) is 63.3 Å². The summed E-state index contributed by atoms with van der Waals surface area (Å²) in [6.07, 6.45) is 3.04. The van der Waals surface area contributed by atoms with Gasteiger partial charge in [0.1, 0.15) is 23.0 Å². The Bertz CT molecular complexity index is 1510. The van der Waals surface area contributed by atoms with Gasteiger partial charge in [0.05, 0.1) is 23.9 Å². The van der Waals surface area contributed by atoms with E-state index in [1.54, 1.807) is 24.5 Å². The smallest absolute Gasteiger partial charge is 0.273 e. The highest BCUT2D eigenvalue weighted by molar-refractivity contribution is 6.03. The lowest BCUT2D eigenvalue weighted by Crippen LogP contribution is -2.44.